The number of nitriles is 1. The Morgan fingerprint density at radius 3 is 2.56 bits per heavy atom. The van der Waals surface area contributed by atoms with Crippen molar-refractivity contribution in [3.8, 4) is 6.07 Å². The number of benzene rings is 1. The minimum atomic E-state index is -0.474. The third-order valence-corrected chi connectivity index (χ3v) is 5.33. The van der Waals surface area contributed by atoms with E-state index in [1.54, 1.807) is 0 Å². The molecule has 0 saturated carbocycles. The first-order chi connectivity index (χ1) is 13.2. The summed E-state index contributed by atoms with van der Waals surface area (Å²) in [4.78, 5) is 12.9. The van der Waals surface area contributed by atoms with Crippen molar-refractivity contribution in [3.05, 3.63) is 54.1 Å². The second-order valence-corrected chi connectivity index (χ2v) is 7.40. The molecule has 0 aromatic heterocycles. The van der Waals surface area contributed by atoms with Crippen LogP contribution < -0.4 is 5.32 Å². The first-order valence-corrected chi connectivity index (χ1v) is 10.3. The molecule has 0 aliphatic heterocycles. The monoisotopic (exact) mass is 364 g/mol. The number of rotatable bonds is 11. The molecule has 3 nitrogen and oxygen atoms in total. The molecular weight excluding hydrogens is 332 g/mol. The van der Waals surface area contributed by atoms with Crippen LogP contribution in [0.5, 0.6) is 0 Å². The lowest BCUT2D eigenvalue weighted by Gasteiger charge is -2.31. The molecular formula is C24H32N2O. The zero-order valence-electron chi connectivity index (χ0n) is 16.5. The minimum absolute atomic E-state index is 0.0610. The molecule has 0 radical (unpaired) electrons. The van der Waals surface area contributed by atoms with Gasteiger partial charge in [-0.1, -0.05) is 94.0 Å². The highest BCUT2D eigenvalue weighted by atomic mass is 16.2. The number of allylic oxidation sites excluding steroid dienone is 3. The molecule has 3 heteroatoms. The van der Waals surface area contributed by atoms with Gasteiger partial charge in [-0.25, -0.2) is 0 Å². The summed E-state index contributed by atoms with van der Waals surface area (Å²) < 4.78 is 0. The molecule has 0 heterocycles. The number of unbranched alkanes of at least 4 members (excludes halogenated alkanes) is 5. The summed E-state index contributed by atoms with van der Waals surface area (Å²) in [6, 6.07) is 12.4. The highest BCUT2D eigenvalue weighted by molar-refractivity contribution is 5.88. The van der Waals surface area contributed by atoms with Crippen molar-refractivity contribution in [1.29, 1.82) is 5.26 Å². The Morgan fingerprint density at radius 1 is 1.15 bits per heavy atom. The van der Waals surface area contributed by atoms with Gasteiger partial charge in [0.15, 0.2) is 0 Å². The van der Waals surface area contributed by atoms with E-state index < -0.39 is 5.41 Å². The first kappa shape index (κ1) is 21.0. The summed E-state index contributed by atoms with van der Waals surface area (Å²) in [5.74, 6) is 0.0610. The normalized spacial score (nSPS) is 18.6. The highest BCUT2D eigenvalue weighted by Gasteiger charge is 2.35. The molecule has 1 N–H and O–H groups in total. The van der Waals surface area contributed by atoms with E-state index in [9.17, 15) is 4.79 Å². The SMILES string of the molecule is CCCCCCCCC1(C(=O)NCCC#N)C=CC(c2ccccc2)=CC1. The Bertz CT molecular complexity index is 684. The number of nitrogens with zero attached hydrogens (tertiary/aromatic N) is 1. The van der Waals surface area contributed by atoms with E-state index in [-0.39, 0.29) is 5.91 Å². The van der Waals surface area contributed by atoms with Crippen LogP contribution in [0.25, 0.3) is 5.57 Å². The summed E-state index contributed by atoms with van der Waals surface area (Å²) in [6.07, 6.45) is 15.6. The zero-order chi connectivity index (χ0) is 19.4. The van der Waals surface area contributed by atoms with Crippen molar-refractivity contribution < 1.29 is 4.79 Å². The maximum atomic E-state index is 12.9. The van der Waals surface area contributed by atoms with Crippen LogP contribution in [0.15, 0.2) is 48.6 Å². The lowest BCUT2D eigenvalue weighted by atomic mass is 9.74. The summed E-state index contributed by atoms with van der Waals surface area (Å²) in [7, 11) is 0. The molecule has 1 amide bonds. The summed E-state index contributed by atoms with van der Waals surface area (Å²) in [5.41, 5.74) is 1.89. The van der Waals surface area contributed by atoms with E-state index in [2.05, 4.69) is 48.7 Å². The number of hydrogen-bond donors (Lipinski definition) is 1. The molecule has 0 saturated heterocycles. The molecule has 144 valence electrons. The second-order valence-electron chi connectivity index (χ2n) is 7.40. The standard InChI is InChI=1S/C24H32N2O/c1-2-3-4-5-6-10-16-24(23(27)26-20-11-19-25)17-14-22(15-18-24)21-12-8-7-9-13-21/h7-9,12-15,17H,2-6,10-11,16,18,20H2,1H3,(H,26,27). The van der Waals surface area contributed by atoms with Gasteiger partial charge in [-0.15, -0.1) is 0 Å². The van der Waals surface area contributed by atoms with E-state index in [1.807, 2.05) is 18.2 Å². The van der Waals surface area contributed by atoms with Crippen molar-refractivity contribution in [3.63, 3.8) is 0 Å². The second kappa shape index (κ2) is 11.4. The van der Waals surface area contributed by atoms with Crippen LogP contribution in [0.2, 0.25) is 0 Å². The quantitative estimate of drug-likeness (QED) is 0.505. The van der Waals surface area contributed by atoms with Gasteiger partial charge in [-0.05, 0) is 24.0 Å². The molecule has 2 rings (SSSR count). The lowest BCUT2D eigenvalue weighted by molar-refractivity contribution is -0.128. The van der Waals surface area contributed by atoms with Crippen LogP contribution in [0.4, 0.5) is 0 Å². The van der Waals surface area contributed by atoms with E-state index in [0.717, 1.165) is 19.3 Å². The van der Waals surface area contributed by atoms with E-state index >= 15 is 0 Å². The zero-order valence-corrected chi connectivity index (χ0v) is 16.5. The summed E-state index contributed by atoms with van der Waals surface area (Å²) in [6.45, 7) is 2.65. The fourth-order valence-corrected chi connectivity index (χ4v) is 3.62. The average molecular weight is 365 g/mol. The number of carbonyl (C=O) groups excluding carboxylic acids is 1. The number of hydrogen-bond acceptors (Lipinski definition) is 2. The highest BCUT2D eigenvalue weighted by Crippen LogP contribution is 2.38. The fourth-order valence-electron chi connectivity index (χ4n) is 3.62. The molecule has 1 aliphatic rings. The predicted octanol–water partition coefficient (Wildman–Crippen LogP) is 5.80. The van der Waals surface area contributed by atoms with Crippen LogP contribution in [0.1, 0.15) is 70.3 Å². The lowest BCUT2D eigenvalue weighted by Crippen LogP contribution is -2.40. The van der Waals surface area contributed by atoms with Gasteiger partial charge < -0.3 is 5.32 Å². The van der Waals surface area contributed by atoms with Crippen molar-refractivity contribution in [2.45, 2.75) is 64.7 Å². The molecule has 0 spiro atoms. The Labute approximate surface area is 164 Å². The number of carbonyl (C=O) groups is 1. The van der Waals surface area contributed by atoms with Crippen molar-refractivity contribution in [1.82, 2.24) is 5.32 Å². The topological polar surface area (TPSA) is 52.9 Å². The number of nitrogens with one attached hydrogen (secondary N) is 1. The predicted molar refractivity (Wildman–Crippen MR) is 112 cm³/mol. The summed E-state index contributed by atoms with van der Waals surface area (Å²) in [5, 5.41) is 11.7. The summed E-state index contributed by atoms with van der Waals surface area (Å²) >= 11 is 0. The first-order valence-electron chi connectivity index (χ1n) is 10.3. The van der Waals surface area contributed by atoms with Gasteiger partial charge in [0.05, 0.1) is 17.9 Å². The maximum absolute atomic E-state index is 12.9. The van der Waals surface area contributed by atoms with Crippen LogP contribution in [0.3, 0.4) is 0 Å². The molecule has 1 unspecified atom stereocenters. The van der Waals surface area contributed by atoms with Crippen molar-refractivity contribution in [2.24, 2.45) is 5.41 Å². The maximum Gasteiger partial charge on any atom is 0.230 e. The van der Waals surface area contributed by atoms with Crippen LogP contribution >= 0.6 is 0 Å². The molecule has 0 fully saturated rings. The van der Waals surface area contributed by atoms with Gasteiger partial charge in [0.1, 0.15) is 0 Å². The minimum Gasteiger partial charge on any atom is -0.354 e. The van der Waals surface area contributed by atoms with Crippen LogP contribution in [-0.4, -0.2) is 12.5 Å². The van der Waals surface area contributed by atoms with Gasteiger partial charge in [-0.3, -0.25) is 4.79 Å². The van der Waals surface area contributed by atoms with Gasteiger partial charge >= 0.3 is 0 Å². The van der Waals surface area contributed by atoms with Crippen LogP contribution in [-0.2, 0) is 4.79 Å². The third kappa shape index (κ3) is 6.40. The average Bonchev–Trinajstić information content (AvgIpc) is 2.72. The van der Waals surface area contributed by atoms with E-state index in [1.165, 1.54) is 43.2 Å². The Morgan fingerprint density at radius 2 is 1.89 bits per heavy atom. The fraction of sp³-hybridized carbons (Fsp3) is 0.500. The third-order valence-electron chi connectivity index (χ3n) is 5.33. The molecule has 27 heavy (non-hydrogen) atoms. The van der Waals surface area contributed by atoms with Crippen molar-refractivity contribution in [2.75, 3.05) is 6.54 Å². The van der Waals surface area contributed by atoms with E-state index in [4.69, 9.17) is 5.26 Å². The Kier molecular flexibility index (Phi) is 8.84. The smallest absolute Gasteiger partial charge is 0.230 e. The Hall–Kier alpha value is -2.34. The molecule has 1 atom stereocenters. The van der Waals surface area contributed by atoms with Gasteiger partial charge in [0, 0.05) is 6.54 Å². The van der Waals surface area contributed by atoms with Gasteiger partial charge in [-0.2, -0.15) is 5.26 Å². The molecule has 0 bridgehead atoms. The molecule has 1 aromatic rings. The Balaban J connectivity index is 2.01. The van der Waals surface area contributed by atoms with Gasteiger partial charge in [0.25, 0.3) is 0 Å². The van der Waals surface area contributed by atoms with Crippen molar-refractivity contribution >= 4 is 11.5 Å². The van der Waals surface area contributed by atoms with Gasteiger partial charge in [0.2, 0.25) is 5.91 Å². The van der Waals surface area contributed by atoms with E-state index in [0.29, 0.717) is 13.0 Å². The number of amides is 1. The molecule has 1 aliphatic carbocycles. The largest absolute Gasteiger partial charge is 0.354 e. The molecule has 1 aromatic carbocycles. The van der Waals surface area contributed by atoms with Crippen LogP contribution in [0, 0.1) is 16.7 Å².